The fraction of sp³-hybridized carbons (Fsp3) is 0.250. The van der Waals surface area contributed by atoms with Gasteiger partial charge in [0.25, 0.3) is 5.56 Å². The summed E-state index contributed by atoms with van der Waals surface area (Å²) in [4.78, 5) is 19.3. The molecular weight excluding hydrogens is 269 g/mol. The number of nitrogens with zero attached hydrogens (tertiary/aromatic N) is 1. The number of pyridine rings is 2. The van der Waals surface area contributed by atoms with E-state index in [-0.39, 0.29) is 11.4 Å². The molecule has 3 aromatic rings. The van der Waals surface area contributed by atoms with E-state index in [9.17, 15) is 9.18 Å². The Balaban J connectivity index is 2.35. The molecule has 0 fully saturated rings. The largest absolute Gasteiger partial charge is 0.369 e. The van der Waals surface area contributed by atoms with Gasteiger partial charge in [-0.25, -0.2) is 9.37 Å². The Hall–Kier alpha value is -2.43. The van der Waals surface area contributed by atoms with Gasteiger partial charge in [0.2, 0.25) is 0 Å². The number of benzene rings is 1. The molecule has 3 rings (SSSR count). The predicted molar refractivity (Wildman–Crippen MR) is 83.2 cm³/mol. The van der Waals surface area contributed by atoms with Crippen LogP contribution in [0, 0.1) is 11.7 Å². The van der Waals surface area contributed by atoms with Crippen molar-refractivity contribution in [3.05, 3.63) is 46.6 Å². The first-order chi connectivity index (χ1) is 10.1. The molecule has 0 aliphatic carbocycles. The van der Waals surface area contributed by atoms with Crippen molar-refractivity contribution in [2.24, 2.45) is 5.92 Å². The average molecular weight is 285 g/mol. The van der Waals surface area contributed by atoms with Crippen LogP contribution < -0.4 is 10.9 Å². The van der Waals surface area contributed by atoms with E-state index in [0.29, 0.717) is 33.4 Å². The zero-order valence-electron chi connectivity index (χ0n) is 11.9. The lowest BCUT2D eigenvalue weighted by Gasteiger charge is -2.12. The summed E-state index contributed by atoms with van der Waals surface area (Å²) in [5, 5.41) is 4.97. The fourth-order valence-corrected chi connectivity index (χ4v) is 2.37. The minimum atomic E-state index is -0.378. The van der Waals surface area contributed by atoms with E-state index in [4.69, 9.17) is 0 Å². The molecule has 0 amide bonds. The van der Waals surface area contributed by atoms with Gasteiger partial charge in [-0.3, -0.25) is 4.79 Å². The van der Waals surface area contributed by atoms with Crippen LogP contribution in [0.1, 0.15) is 13.8 Å². The number of hydrogen-bond acceptors (Lipinski definition) is 3. The van der Waals surface area contributed by atoms with Crippen LogP contribution in [0.25, 0.3) is 21.7 Å². The molecule has 108 valence electrons. The normalized spacial score (nSPS) is 11.4. The van der Waals surface area contributed by atoms with Crippen LogP contribution in [0.15, 0.2) is 35.3 Å². The number of fused-ring (bicyclic) bond motifs is 3. The lowest BCUT2D eigenvalue weighted by atomic mass is 10.1. The van der Waals surface area contributed by atoms with Crippen LogP contribution in [-0.4, -0.2) is 16.5 Å². The Kier molecular flexibility index (Phi) is 3.33. The molecule has 0 bridgehead atoms. The molecule has 1 aromatic carbocycles. The molecule has 5 heteroatoms. The number of anilines is 1. The first-order valence-electron chi connectivity index (χ1n) is 6.91. The minimum absolute atomic E-state index is 0.238. The summed E-state index contributed by atoms with van der Waals surface area (Å²) in [6, 6.07) is 6.09. The lowest BCUT2D eigenvalue weighted by Crippen LogP contribution is -2.12. The van der Waals surface area contributed by atoms with Gasteiger partial charge in [0, 0.05) is 23.5 Å². The number of halogens is 1. The zero-order chi connectivity index (χ0) is 15.0. The van der Waals surface area contributed by atoms with E-state index in [0.717, 1.165) is 6.54 Å². The third-order valence-corrected chi connectivity index (χ3v) is 3.35. The van der Waals surface area contributed by atoms with Gasteiger partial charge in [-0.2, -0.15) is 0 Å². The van der Waals surface area contributed by atoms with Crippen molar-refractivity contribution in [2.45, 2.75) is 13.8 Å². The Morgan fingerprint density at radius 2 is 2.10 bits per heavy atom. The van der Waals surface area contributed by atoms with Crippen LogP contribution in [0.5, 0.6) is 0 Å². The molecule has 4 nitrogen and oxygen atoms in total. The molecule has 2 N–H and O–H groups in total. The number of nitrogens with one attached hydrogen (secondary N) is 2. The van der Waals surface area contributed by atoms with Crippen molar-refractivity contribution in [1.82, 2.24) is 9.97 Å². The van der Waals surface area contributed by atoms with Gasteiger partial charge in [0.15, 0.2) is 0 Å². The maximum Gasteiger partial charge on any atom is 0.256 e. The van der Waals surface area contributed by atoms with Gasteiger partial charge in [-0.1, -0.05) is 13.8 Å². The molecule has 0 aliphatic heterocycles. The van der Waals surface area contributed by atoms with E-state index in [1.165, 1.54) is 12.1 Å². The number of H-pyrrole nitrogens is 1. The monoisotopic (exact) mass is 285 g/mol. The second-order valence-corrected chi connectivity index (χ2v) is 5.49. The molecule has 0 saturated carbocycles. The van der Waals surface area contributed by atoms with Crippen LogP contribution in [0.3, 0.4) is 0 Å². The number of aromatic amines is 1. The van der Waals surface area contributed by atoms with Crippen LogP contribution >= 0.6 is 0 Å². The average Bonchev–Trinajstić information content (AvgIpc) is 2.45. The molecule has 0 radical (unpaired) electrons. The molecule has 0 spiro atoms. The quantitative estimate of drug-likeness (QED) is 0.726. The molecule has 0 saturated heterocycles. The van der Waals surface area contributed by atoms with Crippen molar-refractivity contribution in [1.29, 1.82) is 0 Å². The van der Waals surface area contributed by atoms with E-state index in [2.05, 4.69) is 29.1 Å². The van der Waals surface area contributed by atoms with Crippen molar-refractivity contribution < 1.29 is 4.39 Å². The second kappa shape index (κ2) is 5.16. The summed E-state index contributed by atoms with van der Waals surface area (Å²) < 4.78 is 13.5. The van der Waals surface area contributed by atoms with Crippen LogP contribution in [0.4, 0.5) is 10.2 Å². The summed E-state index contributed by atoms with van der Waals surface area (Å²) in [5.41, 5.74) is 0.366. The highest BCUT2D eigenvalue weighted by Gasteiger charge is 2.12. The van der Waals surface area contributed by atoms with Gasteiger partial charge in [0.05, 0.1) is 10.9 Å². The molecular formula is C16H16FN3O. The van der Waals surface area contributed by atoms with Gasteiger partial charge in [-0.05, 0) is 30.2 Å². The topological polar surface area (TPSA) is 57.8 Å². The summed E-state index contributed by atoms with van der Waals surface area (Å²) in [5.74, 6) is 0.730. The Morgan fingerprint density at radius 3 is 2.86 bits per heavy atom. The Bertz CT molecular complexity index is 870. The summed E-state index contributed by atoms with van der Waals surface area (Å²) in [6.07, 6.45) is 1.58. The van der Waals surface area contributed by atoms with Crippen LogP contribution in [-0.2, 0) is 0 Å². The highest BCUT2D eigenvalue weighted by atomic mass is 19.1. The fourth-order valence-electron chi connectivity index (χ4n) is 2.37. The predicted octanol–water partition coefficient (Wildman–Crippen LogP) is 3.28. The number of rotatable bonds is 3. The van der Waals surface area contributed by atoms with Gasteiger partial charge in [-0.15, -0.1) is 0 Å². The standard InChI is InChI=1S/C16H16FN3O/c1-9(2)8-19-15-11-5-6-18-16(21)14(11)12-7-10(17)3-4-13(12)20-15/h3-7,9H,8H2,1-2H3,(H,18,21)(H,19,20). The molecule has 0 atom stereocenters. The maximum absolute atomic E-state index is 13.5. The highest BCUT2D eigenvalue weighted by Crippen LogP contribution is 2.27. The van der Waals surface area contributed by atoms with Gasteiger partial charge < -0.3 is 10.3 Å². The molecule has 2 heterocycles. The Morgan fingerprint density at radius 1 is 1.29 bits per heavy atom. The number of aromatic nitrogens is 2. The van der Waals surface area contributed by atoms with E-state index >= 15 is 0 Å². The second-order valence-electron chi connectivity index (χ2n) is 5.49. The summed E-state index contributed by atoms with van der Waals surface area (Å²) in [6.45, 7) is 4.94. The molecule has 0 unspecified atom stereocenters. The van der Waals surface area contributed by atoms with Gasteiger partial charge >= 0.3 is 0 Å². The van der Waals surface area contributed by atoms with Gasteiger partial charge in [0.1, 0.15) is 11.6 Å². The first kappa shape index (κ1) is 13.5. The minimum Gasteiger partial charge on any atom is -0.369 e. The molecule has 21 heavy (non-hydrogen) atoms. The SMILES string of the molecule is CC(C)CNc1nc2ccc(F)cc2c2c(=O)[nH]ccc12. The van der Waals surface area contributed by atoms with Crippen molar-refractivity contribution in [3.63, 3.8) is 0 Å². The lowest BCUT2D eigenvalue weighted by molar-refractivity contribution is 0.629. The van der Waals surface area contributed by atoms with Crippen molar-refractivity contribution >= 4 is 27.5 Å². The van der Waals surface area contributed by atoms with E-state index < -0.39 is 0 Å². The number of hydrogen-bond donors (Lipinski definition) is 2. The maximum atomic E-state index is 13.5. The van der Waals surface area contributed by atoms with Crippen LogP contribution in [0.2, 0.25) is 0 Å². The third-order valence-electron chi connectivity index (χ3n) is 3.35. The van der Waals surface area contributed by atoms with Crippen molar-refractivity contribution in [2.75, 3.05) is 11.9 Å². The van der Waals surface area contributed by atoms with Crippen molar-refractivity contribution in [3.8, 4) is 0 Å². The zero-order valence-corrected chi connectivity index (χ0v) is 11.9. The van der Waals surface area contributed by atoms with E-state index in [1.807, 2.05) is 0 Å². The Labute approximate surface area is 121 Å². The highest BCUT2D eigenvalue weighted by molar-refractivity contribution is 6.09. The molecule has 2 aromatic heterocycles. The summed E-state index contributed by atoms with van der Waals surface area (Å²) in [7, 11) is 0. The van der Waals surface area contributed by atoms with E-state index in [1.54, 1.807) is 18.3 Å². The summed E-state index contributed by atoms with van der Waals surface area (Å²) >= 11 is 0. The smallest absolute Gasteiger partial charge is 0.256 e. The third kappa shape index (κ3) is 2.46. The molecule has 0 aliphatic rings. The first-order valence-corrected chi connectivity index (χ1v) is 6.91.